The number of rotatable bonds is 7. The molecule has 0 saturated heterocycles. The number of benzene rings is 2. The number of hydrogen-bond donors (Lipinski definition) is 3. The number of carbonyl (C=O) groups is 2. The average molecular weight is 327 g/mol. The Balaban J connectivity index is 1.91. The van der Waals surface area contributed by atoms with Gasteiger partial charge in [0.25, 0.3) is 5.91 Å². The number of amides is 2. The normalized spacial score (nSPS) is 9.92. The number of carbonyl (C=O) groups excluding carboxylic acids is 2. The van der Waals surface area contributed by atoms with Crippen LogP contribution in [0.5, 0.6) is 5.75 Å². The highest BCUT2D eigenvalue weighted by Crippen LogP contribution is 2.17. The maximum atomic E-state index is 12.0. The lowest BCUT2D eigenvalue weighted by Crippen LogP contribution is -2.22. The Morgan fingerprint density at radius 1 is 1.04 bits per heavy atom. The third-order valence-electron chi connectivity index (χ3n) is 3.23. The molecule has 0 atom stereocenters. The zero-order valence-electron chi connectivity index (χ0n) is 13.8. The second kappa shape index (κ2) is 8.57. The third-order valence-corrected chi connectivity index (χ3v) is 3.23. The summed E-state index contributed by atoms with van der Waals surface area (Å²) in [5.74, 6) is 0.353. The van der Waals surface area contributed by atoms with Crippen molar-refractivity contribution < 1.29 is 14.3 Å². The molecule has 6 heteroatoms. The van der Waals surface area contributed by atoms with Crippen molar-refractivity contribution in [2.45, 2.75) is 6.92 Å². The van der Waals surface area contributed by atoms with E-state index < -0.39 is 0 Å². The van der Waals surface area contributed by atoms with Gasteiger partial charge in [-0.15, -0.1) is 0 Å². The van der Waals surface area contributed by atoms with E-state index in [0.29, 0.717) is 29.3 Å². The molecule has 0 saturated carbocycles. The van der Waals surface area contributed by atoms with E-state index in [9.17, 15) is 9.59 Å². The minimum absolute atomic E-state index is 0.0933. The van der Waals surface area contributed by atoms with Gasteiger partial charge < -0.3 is 20.7 Å². The molecule has 3 N–H and O–H groups in total. The highest BCUT2D eigenvalue weighted by Gasteiger charge is 2.06. The van der Waals surface area contributed by atoms with E-state index in [1.807, 2.05) is 19.1 Å². The molecule has 0 unspecified atom stereocenters. The van der Waals surface area contributed by atoms with E-state index in [2.05, 4.69) is 16.0 Å². The first kappa shape index (κ1) is 17.3. The lowest BCUT2D eigenvalue weighted by Gasteiger charge is -2.10. The van der Waals surface area contributed by atoms with Gasteiger partial charge in [-0.3, -0.25) is 9.59 Å². The van der Waals surface area contributed by atoms with Crippen molar-refractivity contribution >= 4 is 23.2 Å². The summed E-state index contributed by atoms with van der Waals surface area (Å²) < 4.78 is 5.40. The van der Waals surface area contributed by atoms with Crippen LogP contribution >= 0.6 is 0 Å². The van der Waals surface area contributed by atoms with Crippen LogP contribution in [0.4, 0.5) is 11.4 Å². The molecular weight excluding hydrogens is 306 g/mol. The molecule has 0 fully saturated rings. The first-order valence-corrected chi connectivity index (χ1v) is 7.71. The molecule has 0 aliphatic heterocycles. The van der Waals surface area contributed by atoms with Crippen LogP contribution in [0.2, 0.25) is 0 Å². The summed E-state index contributed by atoms with van der Waals surface area (Å²) >= 11 is 0. The Morgan fingerprint density at radius 3 is 2.54 bits per heavy atom. The molecule has 0 radical (unpaired) electrons. The lowest BCUT2D eigenvalue weighted by atomic mass is 10.2. The van der Waals surface area contributed by atoms with Crippen molar-refractivity contribution in [3.8, 4) is 5.75 Å². The van der Waals surface area contributed by atoms with Crippen LogP contribution in [-0.4, -0.2) is 32.0 Å². The molecule has 2 rings (SSSR count). The van der Waals surface area contributed by atoms with Crippen LogP contribution < -0.4 is 20.7 Å². The molecule has 2 aromatic rings. The van der Waals surface area contributed by atoms with E-state index in [0.717, 1.165) is 0 Å². The van der Waals surface area contributed by atoms with Gasteiger partial charge in [0.05, 0.1) is 13.2 Å². The first-order valence-electron chi connectivity index (χ1n) is 7.71. The van der Waals surface area contributed by atoms with Gasteiger partial charge in [-0.2, -0.15) is 0 Å². The summed E-state index contributed by atoms with van der Waals surface area (Å²) in [6.45, 7) is 2.57. The molecule has 0 aromatic heterocycles. The smallest absolute Gasteiger partial charge is 0.251 e. The summed E-state index contributed by atoms with van der Waals surface area (Å²) in [7, 11) is 1.58. The monoisotopic (exact) mass is 327 g/mol. The van der Waals surface area contributed by atoms with E-state index in [-0.39, 0.29) is 18.4 Å². The van der Waals surface area contributed by atoms with Crippen LogP contribution in [0.15, 0.2) is 48.5 Å². The number of ether oxygens (including phenoxy) is 1. The first-order chi connectivity index (χ1) is 11.6. The van der Waals surface area contributed by atoms with E-state index >= 15 is 0 Å². The number of anilines is 2. The quantitative estimate of drug-likeness (QED) is 0.730. The average Bonchev–Trinajstić information content (AvgIpc) is 2.60. The predicted molar refractivity (Wildman–Crippen MR) is 94.6 cm³/mol. The van der Waals surface area contributed by atoms with Crippen LogP contribution in [0.1, 0.15) is 17.3 Å². The summed E-state index contributed by atoms with van der Waals surface area (Å²) in [5, 5.41) is 8.36. The van der Waals surface area contributed by atoms with Crippen molar-refractivity contribution in [3.05, 3.63) is 54.1 Å². The maximum Gasteiger partial charge on any atom is 0.251 e. The second-order valence-electron chi connectivity index (χ2n) is 5.02. The minimum atomic E-state index is -0.186. The Labute approximate surface area is 141 Å². The summed E-state index contributed by atoms with van der Waals surface area (Å²) in [6, 6.07) is 14.2. The molecule has 0 aliphatic carbocycles. The lowest BCUT2D eigenvalue weighted by molar-refractivity contribution is -0.114. The molecule has 0 spiro atoms. The van der Waals surface area contributed by atoms with Gasteiger partial charge in [0.15, 0.2) is 0 Å². The van der Waals surface area contributed by atoms with Crippen LogP contribution in [0.3, 0.4) is 0 Å². The Bertz CT molecular complexity index is 716. The molecule has 24 heavy (non-hydrogen) atoms. The van der Waals surface area contributed by atoms with Gasteiger partial charge in [0.2, 0.25) is 5.91 Å². The molecule has 2 aromatic carbocycles. The summed E-state index contributed by atoms with van der Waals surface area (Å²) in [4.78, 5) is 23.6. The standard InChI is InChI=1S/C18H21N3O3/c1-3-24-16-9-5-8-15(11-16)21-17(22)12-20-14-7-4-6-13(10-14)18(23)19-2/h4-11,20H,3,12H2,1-2H3,(H,19,23)(H,21,22). The van der Waals surface area contributed by atoms with Gasteiger partial charge >= 0.3 is 0 Å². The maximum absolute atomic E-state index is 12.0. The number of nitrogens with one attached hydrogen (secondary N) is 3. The summed E-state index contributed by atoms with van der Waals surface area (Å²) in [5.41, 5.74) is 1.91. The Hall–Kier alpha value is -3.02. The van der Waals surface area contributed by atoms with E-state index in [4.69, 9.17) is 4.74 Å². The fraction of sp³-hybridized carbons (Fsp3) is 0.222. The van der Waals surface area contributed by atoms with Crippen molar-refractivity contribution in [1.82, 2.24) is 5.32 Å². The van der Waals surface area contributed by atoms with Crippen LogP contribution in [0, 0.1) is 0 Å². The van der Waals surface area contributed by atoms with Gasteiger partial charge in [-0.05, 0) is 37.3 Å². The Morgan fingerprint density at radius 2 is 1.79 bits per heavy atom. The molecule has 0 bridgehead atoms. The van der Waals surface area contributed by atoms with Gasteiger partial charge in [0.1, 0.15) is 5.75 Å². The fourth-order valence-electron chi connectivity index (χ4n) is 2.13. The molecule has 0 aliphatic rings. The zero-order valence-corrected chi connectivity index (χ0v) is 13.8. The second-order valence-corrected chi connectivity index (χ2v) is 5.02. The largest absolute Gasteiger partial charge is 0.494 e. The van der Waals surface area contributed by atoms with E-state index in [1.54, 1.807) is 43.4 Å². The predicted octanol–water partition coefficient (Wildman–Crippen LogP) is 2.50. The highest BCUT2D eigenvalue weighted by atomic mass is 16.5. The van der Waals surface area contributed by atoms with E-state index in [1.165, 1.54) is 0 Å². The zero-order chi connectivity index (χ0) is 17.4. The molecule has 2 amide bonds. The summed E-state index contributed by atoms with van der Waals surface area (Å²) in [6.07, 6.45) is 0. The van der Waals surface area contributed by atoms with Gasteiger partial charge in [-0.25, -0.2) is 0 Å². The van der Waals surface area contributed by atoms with Crippen LogP contribution in [0.25, 0.3) is 0 Å². The van der Waals surface area contributed by atoms with Crippen molar-refractivity contribution in [2.75, 3.05) is 30.8 Å². The molecule has 126 valence electrons. The Kier molecular flexibility index (Phi) is 6.19. The number of hydrogen-bond acceptors (Lipinski definition) is 4. The SMILES string of the molecule is CCOc1cccc(NC(=O)CNc2cccc(C(=O)NC)c2)c1. The van der Waals surface area contributed by atoms with Gasteiger partial charge in [-0.1, -0.05) is 12.1 Å². The topological polar surface area (TPSA) is 79.5 Å². The fourth-order valence-corrected chi connectivity index (χ4v) is 2.13. The highest BCUT2D eigenvalue weighted by molar-refractivity contribution is 5.96. The van der Waals surface area contributed by atoms with Crippen LogP contribution in [-0.2, 0) is 4.79 Å². The minimum Gasteiger partial charge on any atom is -0.494 e. The molecular formula is C18H21N3O3. The molecule has 0 heterocycles. The van der Waals surface area contributed by atoms with Crippen molar-refractivity contribution in [2.24, 2.45) is 0 Å². The molecule has 6 nitrogen and oxygen atoms in total. The van der Waals surface area contributed by atoms with Gasteiger partial charge in [0, 0.05) is 30.1 Å². The van der Waals surface area contributed by atoms with Crippen molar-refractivity contribution in [1.29, 1.82) is 0 Å². The third kappa shape index (κ3) is 5.01. The van der Waals surface area contributed by atoms with Crippen molar-refractivity contribution in [3.63, 3.8) is 0 Å².